The van der Waals surface area contributed by atoms with Crippen molar-refractivity contribution in [1.29, 1.82) is 10.5 Å². The molecule has 7 nitrogen and oxygen atoms in total. The van der Waals surface area contributed by atoms with E-state index in [1.807, 2.05) is 109 Å². The summed E-state index contributed by atoms with van der Waals surface area (Å²) in [5.74, 6) is 1.67. The van der Waals surface area contributed by atoms with Crippen molar-refractivity contribution in [2.45, 2.75) is 0 Å². The maximum absolute atomic E-state index is 9.85. The van der Waals surface area contributed by atoms with E-state index in [9.17, 15) is 10.5 Å². The molecule has 0 fully saturated rings. The molecule has 7 heteroatoms. The van der Waals surface area contributed by atoms with Crippen molar-refractivity contribution in [3.63, 3.8) is 0 Å². The second-order valence-electron chi connectivity index (χ2n) is 17.9. The highest BCUT2D eigenvalue weighted by Gasteiger charge is 2.22. The molecule has 0 aliphatic rings. The molecular formula is C65H39N7. The Bertz CT molecular complexity index is 4180. The number of hydrogen-bond donors (Lipinski definition) is 0. The van der Waals surface area contributed by atoms with E-state index in [0.29, 0.717) is 28.6 Å². The van der Waals surface area contributed by atoms with Crippen LogP contribution in [0.4, 0.5) is 0 Å². The Morgan fingerprint density at radius 1 is 0.292 bits per heavy atom. The second kappa shape index (κ2) is 17.4. The lowest BCUT2D eigenvalue weighted by atomic mass is 9.99. The molecule has 0 aliphatic heterocycles. The number of hydrogen-bond acceptors (Lipinski definition) is 5. The number of para-hydroxylation sites is 2. The SMILES string of the molecule is N#Cc1cccc(-c2ccc3c(c2)c2cc(-c4cccc(C#N)c4)ccc2n3-c2ccc(-c3ccc4c5ccccc5n(-c5ccccc5)c4c3)cc2-c2nc(-c3ccccc3)nc(-c3ccccc3)n2)c1. The Morgan fingerprint density at radius 2 is 0.736 bits per heavy atom. The number of aromatic nitrogens is 5. The summed E-state index contributed by atoms with van der Waals surface area (Å²) in [6.45, 7) is 0. The maximum atomic E-state index is 9.85. The van der Waals surface area contributed by atoms with Crippen molar-refractivity contribution in [3.8, 4) is 91.1 Å². The minimum atomic E-state index is 0.531. The maximum Gasteiger partial charge on any atom is 0.166 e. The Labute approximate surface area is 415 Å². The van der Waals surface area contributed by atoms with E-state index in [4.69, 9.17) is 15.0 Å². The van der Waals surface area contributed by atoms with Crippen LogP contribution in [0.5, 0.6) is 0 Å². The molecule has 0 saturated carbocycles. The number of benzene rings is 10. The van der Waals surface area contributed by atoms with Gasteiger partial charge in [-0.15, -0.1) is 0 Å². The van der Waals surface area contributed by atoms with Gasteiger partial charge >= 0.3 is 0 Å². The quantitative estimate of drug-likeness (QED) is 0.151. The molecule has 0 amide bonds. The number of nitrogens with zero attached hydrogens (tertiary/aromatic N) is 7. The lowest BCUT2D eigenvalue weighted by Gasteiger charge is -2.17. The summed E-state index contributed by atoms with van der Waals surface area (Å²) >= 11 is 0. The van der Waals surface area contributed by atoms with Gasteiger partial charge in [0.2, 0.25) is 0 Å². The first-order chi connectivity index (χ1) is 35.6. The van der Waals surface area contributed by atoms with E-state index in [0.717, 1.165) is 94.3 Å². The van der Waals surface area contributed by atoms with Crippen molar-refractivity contribution in [2.75, 3.05) is 0 Å². The molecule has 0 aliphatic carbocycles. The standard InChI is InChI=1S/C65H39N7/c66-40-42-14-12-20-46(34-42)48-27-31-59-55(36-48)56-37-49(47-21-13-15-43(35-47)41-67)28-32-60(56)72(59)61-33-29-50(51-26-30-54-53-24-10-11-25-58(53)71(62(54)39-51)52-22-8-3-9-23-52)38-57(61)65-69-63(44-16-4-1-5-17-44)68-64(70-65)45-18-6-2-7-19-45/h1-39H. The van der Waals surface area contributed by atoms with Crippen LogP contribution in [-0.2, 0) is 0 Å². The van der Waals surface area contributed by atoms with Gasteiger partial charge in [-0.25, -0.2) is 15.0 Å². The van der Waals surface area contributed by atoms with Crippen LogP contribution in [-0.4, -0.2) is 24.1 Å². The zero-order valence-corrected chi connectivity index (χ0v) is 38.6. The van der Waals surface area contributed by atoms with Crippen LogP contribution in [0.2, 0.25) is 0 Å². The molecule has 0 radical (unpaired) electrons. The topological polar surface area (TPSA) is 96.1 Å². The summed E-state index contributed by atoms with van der Waals surface area (Å²) in [5.41, 5.74) is 15.9. The highest BCUT2D eigenvalue weighted by atomic mass is 15.1. The van der Waals surface area contributed by atoms with Gasteiger partial charge in [0.05, 0.1) is 51.0 Å². The number of rotatable bonds is 8. The largest absolute Gasteiger partial charge is 0.309 e. The Kier molecular flexibility index (Phi) is 10.1. The van der Waals surface area contributed by atoms with Gasteiger partial charge in [-0.05, 0) is 118 Å². The average molecular weight is 918 g/mol. The molecule has 0 atom stereocenters. The van der Waals surface area contributed by atoms with E-state index >= 15 is 0 Å². The van der Waals surface area contributed by atoms with E-state index in [-0.39, 0.29) is 0 Å². The number of nitriles is 2. The number of fused-ring (bicyclic) bond motifs is 6. The van der Waals surface area contributed by atoms with E-state index in [1.165, 1.54) is 10.8 Å². The summed E-state index contributed by atoms with van der Waals surface area (Å²) in [6.07, 6.45) is 0. The molecular weight excluding hydrogens is 879 g/mol. The van der Waals surface area contributed by atoms with Gasteiger partial charge in [0.25, 0.3) is 0 Å². The zero-order valence-electron chi connectivity index (χ0n) is 38.6. The van der Waals surface area contributed by atoms with Crippen molar-refractivity contribution >= 4 is 43.6 Å². The van der Waals surface area contributed by atoms with Crippen molar-refractivity contribution in [1.82, 2.24) is 24.1 Å². The zero-order chi connectivity index (χ0) is 48.1. The van der Waals surface area contributed by atoms with Crippen molar-refractivity contribution in [2.24, 2.45) is 0 Å². The minimum Gasteiger partial charge on any atom is -0.309 e. The molecule has 0 bridgehead atoms. The monoisotopic (exact) mass is 917 g/mol. The third-order valence-electron chi connectivity index (χ3n) is 13.6. The lowest BCUT2D eigenvalue weighted by Crippen LogP contribution is -2.04. The third kappa shape index (κ3) is 7.25. The van der Waals surface area contributed by atoms with Gasteiger partial charge in [-0.2, -0.15) is 10.5 Å². The molecule has 3 heterocycles. The summed E-state index contributed by atoms with van der Waals surface area (Å²) in [4.78, 5) is 15.8. The first-order valence-corrected chi connectivity index (χ1v) is 23.8. The molecule has 72 heavy (non-hydrogen) atoms. The van der Waals surface area contributed by atoms with Crippen LogP contribution in [0.3, 0.4) is 0 Å². The van der Waals surface area contributed by atoms with Crippen LogP contribution < -0.4 is 0 Å². The van der Waals surface area contributed by atoms with Crippen LogP contribution >= 0.6 is 0 Å². The fraction of sp³-hybridized carbons (Fsp3) is 0. The molecule has 0 unspecified atom stereocenters. The van der Waals surface area contributed by atoms with E-state index in [2.05, 4.69) is 149 Å². The highest BCUT2D eigenvalue weighted by Crippen LogP contribution is 2.42. The summed E-state index contributed by atoms with van der Waals surface area (Å²) in [6, 6.07) is 85.8. The van der Waals surface area contributed by atoms with Gasteiger partial charge < -0.3 is 9.13 Å². The normalized spacial score (nSPS) is 11.3. The Morgan fingerprint density at radius 3 is 1.33 bits per heavy atom. The molecule has 0 spiro atoms. The van der Waals surface area contributed by atoms with E-state index in [1.54, 1.807) is 0 Å². The lowest BCUT2D eigenvalue weighted by molar-refractivity contribution is 1.06. The van der Waals surface area contributed by atoms with Crippen molar-refractivity contribution in [3.05, 3.63) is 248 Å². The van der Waals surface area contributed by atoms with Crippen LogP contribution in [0.15, 0.2) is 237 Å². The predicted molar refractivity (Wildman–Crippen MR) is 291 cm³/mol. The van der Waals surface area contributed by atoms with Crippen LogP contribution in [0, 0.1) is 22.7 Å². The molecule has 334 valence electrons. The van der Waals surface area contributed by atoms with Crippen LogP contribution in [0.25, 0.3) is 123 Å². The van der Waals surface area contributed by atoms with Gasteiger partial charge in [0.1, 0.15) is 0 Å². The summed E-state index contributed by atoms with van der Waals surface area (Å²) < 4.78 is 4.67. The van der Waals surface area contributed by atoms with Crippen molar-refractivity contribution < 1.29 is 0 Å². The molecule has 0 saturated heterocycles. The predicted octanol–water partition coefficient (Wildman–Crippen LogP) is 15.8. The minimum absolute atomic E-state index is 0.531. The Balaban J connectivity index is 1.09. The van der Waals surface area contributed by atoms with Gasteiger partial charge in [-0.1, -0.05) is 152 Å². The molecule has 10 aromatic carbocycles. The fourth-order valence-electron chi connectivity index (χ4n) is 10.2. The first kappa shape index (κ1) is 41.9. The Hall–Kier alpha value is -10.2. The smallest absolute Gasteiger partial charge is 0.166 e. The average Bonchev–Trinajstić information content (AvgIpc) is 3.97. The first-order valence-electron chi connectivity index (χ1n) is 23.8. The molecule has 13 rings (SSSR count). The summed E-state index contributed by atoms with van der Waals surface area (Å²) in [7, 11) is 0. The molecule has 13 aromatic rings. The van der Waals surface area contributed by atoms with Gasteiger partial charge in [0, 0.05) is 43.9 Å². The van der Waals surface area contributed by atoms with E-state index < -0.39 is 0 Å². The molecule has 3 aromatic heterocycles. The second-order valence-corrected chi connectivity index (χ2v) is 17.9. The van der Waals surface area contributed by atoms with Gasteiger partial charge in [-0.3, -0.25) is 0 Å². The van der Waals surface area contributed by atoms with Crippen LogP contribution in [0.1, 0.15) is 11.1 Å². The third-order valence-corrected chi connectivity index (χ3v) is 13.6. The molecule has 0 N–H and O–H groups in total. The van der Waals surface area contributed by atoms with Gasteiger partial charge in [0.15, 0.2) is 17.5 Å². The fourth-order valence-corrected chi connectivity index (χ4v) is 10.2. The summed E-state index contributed by atoms with van der Waals surface area (Å²) in [5, 5.41) is 24.1. The highest BCUT2D eigenvalue weighted by molar-refractivity contribution is 6.13.